The SMILES string of the molecule is CCC1(CC)O[C@@H](/C=C(\C)C(=O)OC)[C@H](CNC(C)=O)O1. The lowest BCUT2D eigenvalue weighted by atomic mass is 10.1. The number of nitrogens with one attached hydrogen (secondary N) is 1. The van der Waals surface area contributed by atoms with Gasteiger partial charge in [-0.05, 0) is 25.8 Å². The van der Waals surface area contributed by atoms with Gasteiger partial charge in [0.2, 0.25) is 5.91 Å². The van der Waals surface area contributed by atoms with Gasteiger partial charge in [0.15, 0.2) is 5.79 Å². The van der Waals surface area contributed by atoms with Crippen LogP contribution in [0, 0.1) is 0 Å². The maximum Gasteiger partial charge on any atom is 0.333 e. The third kappa shape index (κ3) is 4.54. The van der Waals surface area contributed by atoms with Crippen LogP contribution in [0.1, 0.15) is 40.5 Å². The Kier molecular flexibility index (Phi) is 6.36. The van der Waals surface area contributed by atoms with E-state index in [4.69, 9.17) is 9.47 Å². The normalized spacial score (nSPS) is 24.7. The fourth-order valence-corrected chi connectivity index (χ4v) is 2.30. The molecule has 0 aliphatic carbocycles. The van der Waals surface area contributed by atoms with E-state index in [9.17, 15) is 9.59 Å². The van der Waals surface area contributed by atoms with E-state index < -0.39 is 17.9 Å². The molecule has 1 aliphatic heterocycles. The van der Waals surface area contributed by atoms with Crippen molar-refractivity contribution in [3.05, 3.63) is 11.6 Å². The van der Waals surface area contributed by atoms with E-state index in [1.54, 1.807) is 13.0 Å². The Hall–Kier alpha value is -1.40. The minimum atomic E-state index is -0.666. The first-order valence-electron chi connectivity index (χ1n) is 7.24. The van der Waals surface area contributed by atoms with Crippen molar-refractivity contribution in [2.75, 3.05) is 13.7 Å². The Morgan fingerprint density at radius 3 is 2.33 bits per heavy atom. The van der Waals surface area contributed by atoms with Crippen LogP contribution in [0.3, 0.4) is 0 Å². The molecule has 0 aromatic carbocycles. The van der Waals surface area contributed by atoms with Gasteiger partial charge in [-0.2, -0.15) is 0 Å². The van der Waals surface area contributed by atoms with E-state index in [0.717, 1.165) is 0 Å². The standard InChI is InChI=1S/C15H25NO5/c1-6-15(7-2)20-12(8-10(3)14(18)19-5)13(21-15)9-16-11(4)17/h8,12-13H,6-7,9H2,1-5H3,(H,16,17)/b10-8+/t12-,13-/m0/s1. The van der Waals surface area contributed by atoms with Gasteiger partial charge in [0.05, 0.1) is 7.11 Å². The molecule has 0 aromatic heterocycles. The van der Waals surface area contributed by atoms with Crippen molar-refractivity contribution >= 4 is 11.9 Å². The smallest absolute Gasteiger partial charge is 0.333 e. The van der Waals surface area contributed by atoms with Gasteiger partial charge < -0.3 is 19.5 Å². The van der Waals surface area contributed by atoms with Crippen LogP contribution in [0.15, 0.2) is 11.6 Å². The van der Waals surface area contributed by atoms with Crippen molar-refractivity contribution in [2.45, 2.75) is 58.5 Å². The largest absolute Gasteiger partial charge is 0.466 e. The number of esters is 1. The maximum absolute atomic E-state index is 11.5. The van der Waals surface area contributed by atoms with E-state index in [0.29, 0.717) is 25.0 Å². The van der Waals surface area contributed by atoms with Gasteiger partial charge in [-0.15, -0.1) is 0 Å². The molecule has 120 valence electrons. The molecule has 1 heterocycles. The van der Waals surface area contributed by atoms with Gasteiger partial charge in [0, 0.05) is 19.0 Å². The molecule has 1 saturated heterocycles. The topological polar surface area (TPSA) is 73.9 Å². The summed E-state index contributed by atoms with van der Waals surface area (Å²) in [7, 11) is 1.34. The minimum Gasteiger partial charge on any atom is -0.466 e. The van der Waals surface area contributed by atoms with Crippen LogP contribution in [0.5, 0.6) is 0 Å². The highest BCUT2D eigenvalue weighted by Crippen LogP contribution is 2.35. The Bertz CT molecular complexity index is 414. The minimum absolute atomic E-state index is 0.128. The van der Waals surface area contributed by atoms with Crippen LogP contribution < -0.4 is 5.32 Å². The Labute approximate surface area is 125 Å². The monoisotopic (exact) mass is 299 g/mol. The van der Waals surface area contributed by atoms with E-state index in [1.165, 1.54) is 14.0 Å². The van der Waals surface area contributed by atoms with Crippen LogP contribution in [-0.2, 0) is 23.8 Å². The predicted octanol–water partition coefficient (Wildman–Crippen LogP) is 1.54. The van der Waals surface area contributed by atoms with Gasteiger partial charge in [0.25, 0.3) is 0 Å². The molecule has 0 saturated carbocycles. The van der Waals surface area contributed by atoms with E-state index >= 15 is 0 Å². The van der Waals surface area contributed by atoms with Crippen LogP contribution in [-0.4, -0.2) is 43.5 Å². The van der Waals surface area contributed by atoms with E-state index in [2.05, 4.69) is 10.1 Å². The highest BCUT2D eigenvalue weighted by molar-refractivity contribution is 5.87. The molecule has 1 rings (SSSR count). The summed E-state index contributed by atoms with van der Waals surface area (Å²) in [6.45, 7) is 7.43. The molecule has 21 heavy (non-hydrogen) atoms. The summed E-state index contributed by atoms with van der Waals surface area (Å²) >= 11 is 0. The molecule has 1 amide bonds. The average Bonchev–Trinajstić information content (AvgIpc) is 2.82. The zero-order valence-electron chi connectivity index (χ0n) is 13.4. The summed E-state index contributed by atoms with van der Waals surface area (Å²) in [5.74, 6) is -1.19. The van der Waals surface area contributed by atoms with E-state index in [1.807, 2.05) is 13.8 Å². The van der Waals surface area contributed by atoms with Crippen LogP contribution in [0.25, 0.3) is 0 Å². The van der Waals surface area contributed by atoms with Crippen molar-refractivity contribution in [3.63, 3.8) is 0 Å². The first-order chi connectivity index (χ1) is 9.87. The summed E-state index contributed by atoms with van der Waals surface area (Å²) in [6.07, 6.45) is 2.37. The summed E-state index contributed by atoms with van der Waals surface area (Å²) < 4.78 is 16.7. The first-order valence-corrected chi connectivity index (χ1v) is 7.24. The third-order valence-corrected chi connectivity index (χ3v) is 3.63. The Morgan fingerprint density at radius 1 is 1.24 bits per heavy atom. The lowest BCUT2D eigenvalue weighted by Crippen LogP contribution is -2.36. The summed E-state index contributed by atoms with van der Waals surface area (Å²) in [5, 5.41) is 2.73. The van der Waals surface area contributed by atoms with Gasteiger partial charge in [-0.25, -0.2) is 4.79 Å². The Morgan fingerprint density at radius 2 is 1.86 bits per heavy atom. The number of hydrogen-bond acceptors (Lipinski definition) is 5. The summed E-state index contributed by atoms with van der Waals surface area (Å²) in [4.78, 5) is 22.6. The van der Waals surface area contributed by atoms with Crippen molar-refractivity contribution in [1.29, 1.82) is 0 Å². The molecule has 0 spiro atoms. The van der Waals surface area contributed by atoms with Gasteiger partial charge in [-0.1, -0.05) is 13.8 Å². The molecule has 6 nitrogen and oxygen atoms in total. The van der Waals surface area contributed by atoms with E-state index in [-0.39, 0.29) is 12.0 Å². The summed E-state index contributed by atoms with van der Waals surface area (Å²) in [5.41, 5.74) is 0.460. The van der Waals surface area contributed by atoms with Gasteiger partial charge in [0.1, 0.15) is 12.2 Å². The lowest BCUT2D eigenvalue weighted by Gasteiger charge is -2.25. The number of carbonyl (C=O) groups is 2. The van der Waals surface area contributed by atoms with Crippen molar-refractivity contribution < 1.29 is 23.8 Å². The molecule has 0 bridgehead atoms. The number of ether oxygens (including phenoxy) is 3. The van der Waals surface area contributed by atoms with Crippen molar-refractivity contribution in [2.24, 2.45) is 0 Å². The fourth-order valence-electron chi connectivity index (χ4n) is 2.30. The highest BCUT2D eigenvalue weighted by atomic mass is 16.8. The number of methoxy groups -OCH3 is 1. The molecule has 1 N–H and O–H groups in total. The second-order valence-electron chi connectivity index (χ2n) is 5.13. The second kappa shape index (κ2) is 7.56. The molecule has 6 heteroatoms. The molecule has 0 unspecified atom stereocenters. The van der Waals surface area contributed by atoms with Crippen LogP contribution in [0.2, 0.25) is 0 Å². The number of amides is 1. The first kappa shape index (κ1) is 17.7. The Balaban J connectivity index is 2.90. The number of hydrogen-bond donors (Lipinski definition) is 1. The summed E-state index contributed by atoms with van der Waals surface area (Å²) in [6, 6.07) is 0. The number of rotatable bonds is 6. The zero-order valence-corrected chi connectivity index (χ0v) is 13.4. The lowest BCUT2D eigenvalue weighted by molar-refractivity contribution is -0.176. The van der Waals surface area contributed by atoms with Gasteiger partial charge >= 0.3 is 5.97 Å². The third-order valence-electron chi connectivity index (χ3n) is 3.63. The van der Waals surface area contributed by atoms with Crippen LogP contribution >= 0.6 is 0 Å². The van der Waals surface area contributed by atoms with Crippen molar-refractivity contribution in [1.82, 2.24) is 5.32 Å². The van der Waals surface area contributed by atoms with Crippen molar-refractivity contribution in [3.8, 4) is 0 Å². The maximum atomic E-state index is 11.5. The molecule has 0 radical (unpaired) electrons. The predicted molar refractivity (Wildman–Crippen MR) is 77.5 cm³/mol. The molecule has 1 aliphatic rings. The highest BCUT2D eigenvalue weighted by Gasteiger charge is 2.44. The average molecular weight is 299 g/mol. The fraction of sp³-hybridized carbons (Fsp3) is 0.733. The molecule has 1 fully saturated rings. The molecule has 0 aromatic rings. The van der Waals surface area contributed by atoms with Gasteiger partial charge in [-0.3, -0.25) is 4.79 Å². The molecular weight excluding hydrogens is 274 g/mol. The second-order valence-corrected chi connectivity index (χ2v) is 5.13. The zero-order chi connectivity index (χ0) is 16.0. The molecular formula is C15H25NO5. The number of carbonyl (C=O) groups excluding carboxylic acids is 2. The van der Waals surface area contributed by atoms with Crippen LogP contribution in [0.4, 0.5) is 0 Å². The quantitative estimate of drug-likeness (QED) is 0.595. The molecule has 2 atom stereocenters.